The second kappa shape index (κ2) is 5.60. The Labute approximate surface area is 111 Å². The van der Waals surface area contributed by atoms with E-state index in [0.29, 0.717) is 11.3 Å². The van der Waals surface area contributed by atoms with Crippen LogP contribution < -0.4 is 0 Å². The van der Waals surface area contributed by atoms with Gasteiger partial charge in [0.1, 0.15) is 17.8 Å². The number of amides is 1. The first-order valence-corrected chi connectivity index (χ1v) is 6.11. The van der Waals surface area contributed by atoms with Crippen LogP contribution in [-0.2, 0) is 6.42 Å². The maximum atomic E-state index is 12.3. The lowest BCUT2D eigenvalue weighted by atomic mass is 10.2. The molecule has 100 valence electrons. The van der Waals surface area contributed by atoms with Gasteiger partial charge in [-0.05, 0) is 6.92 Å². The van der Waals surface area contributed by atoms with E-state index >= 15 is 0 Å². The Balaban J connectivity index is 2.14. The zero-order valence-electron chi connectivity index (χ0n) is 11.2. The Bertz CT molecular complexity index is 536. The highest BCUT2D eigenvalue weighted by Gasteiger charge is 2.21. The molecule has 2 rings (SSSR count). The molecule has 0 spiro atoms. The number of hydrogen-bond acceptors (Lipinski definition) is 5. The van der Waals surface area contributed by atoms with Crippen molar-refractivity contribution in [1.82, 2.24) is 20.0 Å². The number of rotatable bonds is 4. The van der Waals surface area contributed by atoms with E-state index in [1.807, 2.05) is 13.8 Å². The number of nitrogens with zero attached hydrogens (tertiary/aromatic N) is 4. The van der Waals surface area contributed by atoms with Gasteiger partial charge in [-0.25, -0.2) is 9.97 Å². The van der Waals surface area contributed by atoms with Gasteiger partial charge >= 0.3 is 0 Å². The van der Waals surface area contributed by atoms with E-state index in [4.69, 9.17) is 4.52 Å². The van der Waals surface area contributed by atoms with Crippen LogP contribution in [-0.4, -0.2) is 33.0 Å². The molecule has 1 amide bonds. The predicted molar refractivity (Wildman–Crippen MR) is 68.4 cm³/mol. The van der Waals surface area contributed by atoms with Gasteiger partial charge in [-0.2, -0.15) is 0 Å². The maximum absolute atomic E-state index is 12.3. The summed E-state index contributed by atoms with van der Waals surface area (Å²) in [5, 5.41) is 3.84. The molecule has 0 fully saturated rings. The van der Waals surface area contributed by atoms with Gasteiger partial charge in [0.15, 0.2) is 0 Å². The molecule has 0 bridgehead atoms. The first-order chi connectivity index (χ1) is 9.13. The van der Waals surface area contributed by atoms with E-state index in [2.05, 4.69) is 15.1 Å². The number of aryl methyl sites for hydroxylation is 1. The third-order valence-corrected chi connectivity index (χ3v) is 3.06. The molecule has 0 aromatic carbocycles. The van der Waals surface area contributed by atoms with Crippen LogP contribution in [0.1, 0.15) is 41.8 Å². The molecule has 0 aliphatic heterocycles. The third kappa shape index (κ3) is 2.78. The van der Waals surface area contributed by atoms with Crippen LogP contribution in [0.25, 0.3) is 0 Å². The largest absolute Gasteiger partial charge is 0.364 e. The van der Waals surface area contributed by atoms with Crippen LogP contribution in [0.4, 0.5) is 0 Å². The van der Waals surface area contributed by atoms with Crippen LogP contribution in [0.15, 0.2) is 29.2 Å². The summed E-state index contributed by atoms with van der Waals surface area (Å²) < 4.78 is 4.79. The van der Waals surface area contributed by atoms with Crippen LogP contribution >= 0.6 is 0 Å². The summed E-state index contributed by atoms with van der Waals surface area (Å²) >= 11 is 0. The van der Waals surface area contributed by atoms with Crippen LogP contribution in [0.3, 0.4) is 0 Å². The monoisotopic (exact) mass is 260 g/mol. The quantitative estimate of drug-likeness (QED) is 0.839. The van der Waals surface area contributed by atoms with Gasteiger partial charge in [-0.3, -0.25) is 4.79 Å². The topological polar surface area (TPSA) is 72.1 Å². The predicted octanol–water partition coefficient (Wildman–Crippen LogP) is 1.86. The molecule has 2 aromatic heterocycles. The van der Waals surface area contributed by atoms with Gasteiger partial charge in [0.25, 0.3) is 5.91 Å². The summed E-state index contributed by atoms with van der Waals surface area (Å²) in [5.74, 6) is 0.585. The van der Waals surface area contributed by atoms with Crippen molar-refractivity contribution >= 4 is 5.91 Å². The van der Waals surface area contributed by atoms with E-state index in [1.54, 1.807) is 30.4 Å². The van der Waals surface area contributed by atoms with E-state index in [0.717, 1.165) is 12.2 Å². The Kier molecular flexibility index (Phi) is 3.89. The van der Waals surface area contributed by atoms with Gasteiger partial charge < -0.3 is 9.42 Å². The molecule has 1 atom stereocenters. The minimum Gasteiger partial charge on any atom is -0.364 e. The molecule has 6 nitrogen and oxygen atoms in total. The second-order valence-electron chi connectivity index (χ2n) is 4.26. The minimum absolute atomic E-state index is 0.141. The van der Waals surface area contributed by atoms with Gasteiger partial charge in [0, 0.05) is 31.9 Å². The highest BCUT2D eigenvalue weighted by Crippen LogP contribution is 2.18. The van der Waals surface area contributed by atoms with Crippen molar-refractivity contribution in [2.75, 3.05) is 7.05 Å². The molecule has 2 aromatic rings. The van der Waals surface area contributed by atoms with Crippen molar-refractivity contribution in [2.45, 2.75) is 26.3 Å². The summed E-state index contributed by atoms with van der Waals surface area (Å²) in [6.07, 6.45) is 5.35. The molecule has 0 unspecified atom stereocenters. The highest BCUT2D eigenvalue weighted by atomic mass is 16.5. The lowest BCUT2D eigenvalue weighted by molar-refractivity contribution is 0.0736. The first-order valence-electron chi connectivity index (χ1n) is 6.11. The van der Waals surface area contributed by atoms with Gasteiger partial charge in [-0.1, -0.05) is 12.1 Å². The average molecular weight is 260 g/mol. The molecule has 0 N–H and O–H groups in total. The second-order valence-corrected chi connectivity index (χ2v) is 4.26. The lowest BCUT2D eigenvalue weighted by Crippen LogP contribution is -2.30. The average Bonchev–Trinajstić information content (AvgIpc) is 2.99. The normalized spacial score (nSPS) is 12.2. The van der Waals surface area contributed by atoms with E-state index in [-0.39, 0.29) is 11.9 Å². The third-order valence-electron chi connectivity index (χ3n) is 3.06. The first kappa shape index (κ1) is 13.2. The fraction of sp³-hybridized carbons (Fsp3) is 0.385. The highest BCUT2D eigenvalue weighted by molar-refractivity contribution is 5.93. The zero-order chi connectivity index (χ0) is 13.8. The maximum Gasteiger partial charge on any atom is 0.257 e. The number of hydrogen-bond donors (Lipinski definition) is 0. The van der Waals surface area contributed by atoms with Gasteiger partial charge in [-0.15, -0.1) is 0 Å². The number of carbonyl (C=O) groups is 1. The Hall–Kier alpha value is -2.24. The number of carbonyl (C=O) groups excluding carboxylic acids is 1. The van der Waals surface area contributed by atoms with Crippen LogP contribution in [0.5, 0.6) is 0 Å². The summed E-state index contributed by atoms with van der Waals surface area (Å²) in [7, 11) is 1.72. The molecule has 6 heteroatoms. The molecule has 0 aliphatic rings. The summed E-state index contributed by atoms with van der Waals surface area (Å²) in [6.45, 7) is 3.85. The molecular weight excluding hydrogens is 244 g/mol. The van der Waals surface area contributed by atoms with E-state index in [1.165, 1.54) is 6.26 Å². The van der Waals surface area contributed by atoms with Crippen LogP contribution in [0, 0.1) is 0 Å². The van der Waals surface area contributed by atoms with Crippen molar-refractivity contribution in [1.29, 1.82) is 0 Å². The summed E-state index contributed by atoms with van der Waals surface area (Å²) in [4.78, 5) is 22.1. The van der Waals surface area contributed by atoms with Crippen molar-refractivity contribution in [2.24, 2.45) is 0 Å². The SMILES string of the molecule is CCc1ncc(C(=O)N(C)[C@H](C)c2ccon2)cn1. The summed E-state index contributed by atoms with van der Waals surface area (Å²) in [6, 6.07) is 1.57. The molecule has 0 saturated heterocycles. The zero-order valence-corrected chi connectivity index (χ0v) is 11.2. The standard InChI is InChI=1S/C13H16N4O2/c1-4-12-14-7-10(8-15-12)13(18)17(3)9(2)11-5-6-19-16-11/h5-9H,4H2,1-3H3/t9-/m1/s1. The fourth-order valence-electron chi connectivity index (χ4n) is 1.66. The van der Waals surface area contributed by atoms with Gasteiger partial charge in [0.2, 0.25) is 0 Å². The summed E-state index contributed by atoms with van der Waals surface area (Å²) in [5.41, 5.74) is 1.18. The fourth-order valence-corrected chi connectivity index (χ4v) is 1.66. The Morgan fingerprint density at radius 3 is 2.63 bits per heavy atom. The molecule has 0 saturated carbocycles. The van der Waals surface area contributed by atoms with Gasteiger partial charge in [0.05, 0.1) is 11.6 Å². The Morgan fingerprint density at radius 2 is 2.11 bits per heavy atom. The molecule has 0 radical (unpaired) electrons. The number of aromatic nitrogens is 3. The Morgan fingerprint density at radius 1 is 1.42 bits per heavy atom. The smallest absolute Gasteiger partial charge is 0.257 e. The molecular formula is C13H16N4O2. The molecule has 0 aliphatic carbocycles. The lowest BCUT2D eigenvalue weighted by Gasteiger charge is -2.22. The molecule has 2 heterocycles. The van der Waals surface area contributed by atoms with Crippen molar-refractivity contribution < 1.29 is 9.32 Å². The van der Waals surface area contributed by atoms with Crippen molar-refractivity contribution in [3.8, 4) is 0 Å². The van der Waals surface area contributed by atoms with E-state index in [9.17, 15) is 4.79 Å². The van der Waals surface area contributed by atoms with Crippen molar-refractivity contribution in [3.05, 3.63) is 41.8 Å². The van der Waals surface area contributed by atoms with Crippen LogP contribution in [0.2, 0.25) is 0 Å². The molecule has 19 heavy (non-hydrogen) atoms. The minimum atomic E-state index is -0.169. The van der Waals surface area contributed by atoms with Crippen molar-refractivity contribution in [3.63, 3.8) is 0 Å². The van der Waals surface area contributed by atoms with E-state index < -0.39 is 0 Å².